The highest BCUT2D eigenvalue weighted by Crippen LogP contribution is 2.19. The molecule has 1 heterocycles. The number of carbonyl (C=O) groups excluding carboxylic acids is 2. The van der Waals surface area contributed by atoms with E-state index in [0.29, 0.717) is 11.7 Å². The molecule has 6 nitrogen and oxygen atoms in total. The second-order valence-electron chi connectivity index (χ2n) is 4.46. The van der Waals surface area contributed by atoms with Crippen LogP contribution in [0.5, 0.6) is 0 Å². The van der Waals surface area contributed by atoms with Crippen LogP contribution < -0.4 is 10.6 Å². The Labute approximate surface area is 146 Å². The Kier molecular flexibility index (Phi) is 6.28. The van der Waals surface area contributed by atoms with Crippen LogP contribution >= 0.6 is 22.9 Å². The van der Waals surface area contributed by atoms with Crippen LogP contribution in [0.3, 0.4) is 0 Å². The van der Waals surface area contributed by atoms with Crippen molar-refractivity contribution in [2.75, 3.05) is 23.8 Å². The first kappa shape index (κ1) is 17.9. The van der Waals surface area contributed by atoms with Crippen LogP contribution in [0.25, 0.3) is 0 Å². The van der Waals surface area contributed by atoms with Crippen LogP contribution in [0.15, 0.2) is 36.2 Å². The molecule has 0 aliphatic carbocycles. The maximum absolute atomic E-state index is 13.5. The van der Waals surface area contributed by atoms with Gasteiger partial charge in [-0.2, -0.15) is 0 Å². The average molecular weight is 370 g/mol. The fourth-order valence-electron chi connectivity index (χ4n) is 1.59. The van der Waals surface area contributed by atoms with Crippen molar-refractivity contribution in [1.82, 2.24) is 4.98 Å². The molecule has 9 heteroatoms. The van der Waals surface area contributed by atoms with Crippen LogP contribution in [0, 0.1) is 5.82 Å². The van der Waals surface area contributed by atoms with E-state index in [1.165, 1.54) is 28.8 Å². The van der Waals surface area contributed by atoms with Gasteiger partial charge >= 0.3 is 5.97 Å². The molecular weight excluding hydrogens is 357 g/mol. The minimum atomic E-state index is -0.746. The summed E-state index contributed by atoms with van der Waals surface area (Å²) < 4.78 is 18.4. The van der Waals surface area contributed by atoms with Gasteiger partial charge in [0.1, 0.15) is 5.82 Å². The van der Waals surface area contributed by atoms with Crippen molar-refractivity contribution in [2.24, 2.45) is 0 Å². The van der Waals surface area contributed by atoms with Gasteiger partial charge in [-0.25, -0.2) is 14.2 Å². The molecule has 0 aliphatic heterocycles. The number of nitrogens with one attached hydrogen (secondary N) is 2. The van der Waals surface area contributed by atoms with Gasteiger partial charge in [0.25, 0.3) is 5.91 Å². The van der Waals surface area contributed by atoms with E-state index in [2.05, 4.69) is 22.2 Å². The zero-order chi connectivity index (χ0) is 17.5. The molecule has 0 atom stereocenters. The van der Waals surface area contributed by atoms with Gasteiger partial charge in [-0.05, 0) is 18.2 Å². The topological polar surface area (TPSA) is 80.3 Å². The third kappa shape index (κ3) is 5.04. The Hall–Kier alpha value is -2.45. The number of hydrogen-bond acceptors (Lipinski definition) is 6. The van der Waals surface area contributed by atoms with Crippen LogP contribution in [-0.4, -0.2) is 30.0 Å². The van der Waals surface area contributed by atoms with E-state index in [-0.39, 0.29) is 16.4 Å². The number of aromatic nitrogens is 1. The molecule has 0 radical (unpaired) electrons. The first-order chi connectivity index (χ1) is 11.5. The maximum atomic E-state index is 13.5. The molecule has 2 rings (SSSR count). The van der Waals surface area contributed by atoms with Crippen LogP contribution in [0.1, 0.15) is 10.5 Å². The van der Waals surface area contributed by atoms with E-state index < -0.39 is 24.3 Å². The van der Waals surface area contributed by atoms with Gasteiger partial charge in [-0.1, -0.05) is 17.7 Å². The largest absolute Gasteiger partial charge is 0.451 e. The van der Waals surface area contributed by atoms with Gasteiger partial charge in [0, 0.05) is 16.9 Å². The number of hydrogen-bond donors (Lipinski definition) is 2. The first-order valence-corrected chi connectivity index (χ1v) is 7.97. The summed E-state index contributed by atoms with van der Waals surface area (Å²) in [6, 6.07) is 3.81. The number of ether oxygens (including phenoxy) is 1. The van der Waals surface area contributed by atoms with Crippen molar-refractivity contribution in [2.45, 2.75) is 0 Å². The van der Waals surface area contributed by atoms with E-state index in [0.717, 1.165) is 6.07 Å². The van der Waals surface area contributed by atoms with Gasteiger partial charge in [-0.15, -0.1) is 17.9 Å². The minimum absolute atomic E-state index is 0.0509. The minimum Gasteiger partial charge on any atom is -0.451 e. The second kappa shape index (κ2) is 8.42. The molecule has 0 unspecified atom stereocenters. The Morgan fingerprint density at radius 1 is 1.46 bits per heavy atom. The summed E-state index contributed by atoms with van der Waals surface area (Å²) in [5, 5.41) is 7.46. The number of rotatable bonds is 7. The Bertz CT molecular complexity index is 766. The van der Waals surface area contributed by atoms with Crippen molar-refractivity contribution >= 4 is 45.6 Å². The number of esters is 1. The predicted molar refractivity (Wildman–Crippen MR) is 91.1 cm³/mol. The number of halogens is 2. The molecule has 1 amide bonds. The van der Waals surface area contributed by atoms with Crippen molar-refractivity contribution in [3.05, 3.63) is 52.8 Å². The molecule has 126 valence electrons. The smallest absolute Gasteiger partial charge is 0.358 e. The summed E-state index contributed by atoms with van der Waals surface area (Å²) in [7, 11) is 0. The SMILES string of the molecule is C=CCNc1nc(C(=O)OCC(=O)Nc2ccc(Cl)cc2F)cs1. The first-order valence-electron chi connectivity index (χ1n) is 6.72. The quantitative estimate of drug-likeness (QED) is 0.578. The van der Waals surface area contributed by atoms with Crippen molar-refractivity contribution in [3.63, 3.8) is 0 Å². The van der Waals surface area contributed by atoms with Gasteiger partial charge in [0.15, 0.2) is 17.4 Å². The van der Waals surface area contributed by atoms with Crippen LogP contribution in [0.2, 0.25) is 5.02 Å². The van der Waals surface area contributed by atoms with Gasteiger partial charge in [0.05, 0.1) is 5.69 Å². The summed E-state index contributed by atoms with van der Waals surface area (Å²) in [4.78, 5) is 27.5. The van der Waals surface area contributed by atoms with E-state index in [1.807, 2.05) is 0 Å². The third-order valence-electron chi connectivity index (χ3n) is 2.65. The van der Waals surface area contributed by atoms with Gasteiger partial charge in [-0.3, -0.25) is 4.79 Å². The number of amides is 1. The molecule has 1 aromatic carbocycles. The normalized spacial score (nSPS) is 10.1. The molecule has 0 saturated heterocycles. The Morgan fingerprint density at radius 2 is 2.25 bits per heavy atom. The van der Waals surface area contributed by atoms with E-state index in [4.69, 9.17) is 16.3 Å². The molecule has 1 aromatic heterocycles. The molecule has 24 heavy (non-hydrogen) atoms. The Balaban J connectivity index is 1.85. The fraction of sp³-hybridized carbons (Fsp3) is 0.133. The molecule has 2 N–H and O–H groups in total. The lowest BCUT2D eigenvalue weighted by Crippen LogP contribution is -2.21. The third-order valence-corrected chi connectivity index (χ3v) is 3.69. The number of anilines is 2. The molecule has 2 aromatic rings. The van der Waals surface area contributed by atoms with Gasteiger partial charge < -0.3 is 15.4 Å². The van der Waals surface area contributed by atoms with Crippen LogP contribution in [-0.2, 0) is 9.53 Å². The molecular formula is C15H13ClFN3O3S. The number of thiazole rings is 1. The predicted octanol–water partition coefficient (Wildman–Crippen LogP) is 3.33. The standard InChI is InChI=1S/C15H13ClFN3O3S/c1-2-5-18-15-20-12(8-24-15)14(22)23-7-13(21)19-11-4-3-9(16)6-10(11)17/h2-4,6,8H,1,5,7H2,(H,18,20)(H,19,21). The number of benzene rings is 1. The lowest BCUT2D eigenvalue weighted by molar-refractivity contribution is -0.119. The van der Waals surface area contributed by atoms with Crippen molar-refractivity contribution in [1.29, 1.82) is 0 Å². The fourth-order valence-corrected chi connectivity index (χ4v) is 2.44. The summed E-state index contributed by atoms with van der Waals surface area (Å²) in [6.45, 7) is 3.51. The van der Waals surface area contributed by atoms with E-state index in [1.54, 1.807) is 6.08 Å². The van der Waals surface area contributed by atoms with Crippen LogP contribution in [0.4, 0.5) is 15.2 Å². The van der Waals surface area contributed by atoms with Crippen molar-refractivity contribution < 1.29 is 18.7 Å². The monoisotopic (exact) mass is 369 g/mol. The maximum Gasteiger partial charge on any atom is 0.358 e. The highest BCUT2D eigenvalue weighted by atomic mass is 35.5. The molecule has 0 bridgehead atoms. The van der Waals surface area contributed by atoms with Gasteiger partial charge in [0.2, 0.25) is 0 Å². The Morgan fingerprint density at radius 3 is 2.96 bits per heavy atom. The summed E-state index contributed by atoms with van der Waals surface area (Å²) >= 11 is 6.84. The molecule has 0 saturated carbocycles. The molecule has 0 spiro atoms. The lowest BCUT2D eigenvalue weighted by atomic mass is 10.3. The summed E-state index contributed by atoms with van der Waals surface area (Å²) in [5.41, 5.74) is 0.0297. The van der Waals surface area contributed by atoms with E-state index >= 15 is 0 Å². The summed E-state index contributed by atoms with van der Waals surface area (Å²) in [5.74, 6) is -2.10. The molecule has 0 fully saturated rings. The lowest BCUT2D eigenvalue weighted by Gasteiger charge is -2.07. The molecule has 0 aliphatic rings. The average Bonchev–Trinajstić information content (AvgIpc) is 3.02. The zero-order valence-electron chi connectivity index (χ0n) is 12.3. The van der Waals surface area contributed by atoms with Crippen molar-refractivity contribution in [3.8, 4) is 0 Å². The second-order valence-corrected chi connectivity index (χ2v) is 5.75. The highest BCUT2D eigenvalue weighted by Gasteiger charge is 2.15. The number of nitrogens with zero attached hydrogens (tertiary/aromatic N) is 1. The van der Waals surface area contributed by atoms with E-state index in [9.17, 15) is 14.0 Å². The highest BCUT2D eigenvalue weighted by molar-refractivity contribution is 7.13. The summed E-state index contributed by atoms with van der Waals surface area (Å²) in [6.07, 6.45) is 1.65. The zero-order valence-corrected chi connectivity index (χ0v) is 13.9. The number of carbonyl (C=O) groups is 2.